The monoisotopic (exact) mass is 432 g/mol. The number of para-hydroxylation sites is 1. The lowest BCUT2D eigenvalue weighted by molar-refractivity contribution is 0.102. The Bertz CT molecular complexity index is 1190. The summed E-state index contributed by atoms with van der Waals surface area (Å²) in [5.41, 5.74) is 0.426. The van der Waals surface area contributed by atoms with Crippen molar-refractivity contribution in [3.05, 3.63) is 83.4 Å². The Labute approximate surface area is 172 Å². The fourth-order valence-corrected chi connectivity index (χ4v) is 3.86. The fourth-order valence-electron chi connectivity index (χ4n) is 2.76. The van der Waals surface area contributed by atoms with Crippen LogP contribution in [-0.2, 0) is 10.0 Å². The summed E-state index contributed by atoms with van der Waals surface area (Å²) in [6, 6.07) is 13.5. The molecule has 0 aliphatic heterocycles. The van der Waals surface area contributed by atoms with Gasteiger partial charge in [0.15, 0.2) is 0 Å². The number of nitrogens with one attached hydrogen (secondary N) is 2. The second-order valence-corrected chi connectivity index (χ2v) is 8.02. The molecule has 3 rings (SSSR count). The maximum absolute atomic E-state index is 13.8. The molecular formula is C21H18F2N2O4S. The van der Waals surface area contributed by atoms with E-state index in [2.05, 4.69) is 5.32 Å². The molecule has 0 atom stereocenters. The number of hydrogen-bond donors (Lipinski definition) is 2. The van der Waals surface area contributed by atoms with E-state index in [0.29, 0.717) is 5.56 Å². The van der Waals surface area contributed by atoms with Gasteiger partial charge in [0.25, 0.3) is 15.9 Å². The van der Waals surface area contributed by atoms with Crippen molar-refractivity contribution in [3.8, 4) is 5.75 Å². The van der Waals surface area contributed by atoms with E-state index < -0.39 is 33.3 Å². The molecule has 3 aromatic carbocycles. The molecule has 0 spiro atoms. The molecule has 6 nitrogen and oxygen atoms in total. The van der Waals surface area contributed by atoms with Crippen LogP contribution in [0.3, 0.4) is 0 Å². The number of hydrogen-bond acceptors (Lipinski definition) is 4. The molecule has 0 saturated carbocycles. The van der Waals surface area contributed by atoms with Crippen molar-refractivity contribution in [3.63, 3.8) is 0 Å². The first-order valence-corrected chi connectivity index (χ1v) is 10.2. The summed E-state index contributed by atoms with van der Waals surface area (Å²) >= 11 is 0. The largest absolute Gasteiger partial charge is 0.495 e. The van der Waals surface area contributed by atoms with E-state index in [9.17, 15) is 22.0 Å². The lowest BCUT2D eigenvalue weighted by Crippen LogP contribution is -2.17. The van der Waals surface area contributed by atoms with Crippen molar-refractivity contribution >= 4 is 27.3 Å². The molecule has 0 aliphatic rings. The molecule has 9 heteroatoms. The van der Waals surface area contributed by atoms with Crippen LogP contribution in [0.5, 0.6) is 5.75 Å². The number of carbonyl (C=O) groups is 1. The van der Waals surface area contributed by atoms with Crippen LogP contribution in [0.2, 0.25) is 0 Å². The molecule has 0 aliphatic carbocycles. The quantitative estimate of drug-likeness (QED) is 0.607. The lowest BCUT2D eigenvalue weighted by atomic mass is 10.1. The smallest absolute Gasteiger partial charge is 0.262 e. The van der Waals surface area contributed by atoms with Gasteiger partial charge in [-0.05, 0) is 48.9 Å². The molecule has 0 bridgehead atoms. The Morgan fingerprint density at radius 2 is 1.63 bits per heavy atom. The van der Waals surface area contributed by atoms with E-state index in [1.54, 1.807) is 31.2 Å². The Morgan fingerprint density at radius 3 is 2.27 bits per heavy atom. The minimum absolute atomic E-state index is 0.0858. The molecule has 0 radical (unpaired) electrons. The Kier molecular flexibility index (Phi) is 6.02. The number of carbonyl (C=O) groups excluding carboxylic acids is 1. The number of methoxy groups -OCH3 is 1. The second-order valence-electron chi connectivity index (χ2n) is 6.33. The minimum atomic E-state index is -4.35. The number of aryl methyl sites for hydroxylation is 1. The van der Waals surface area contributed by atoms with Crippen molar-refractivity contribution < 1.29 is 26.7 Å². The molecule has 0 aromatic heterocycles. The van der Waals surface area contributed by atoms with Gasteiger partial charge in [-0.25, -0.2) is 17.2 Å². The van der Waals surface area contributed by atoms with E-state index in [0.717, 1.165) is 29.8 Å². The van der Waals surface area contributed by atoms with Crippen LogP contribution in [0.25, 0.3) is 0 Å². The van der Waals surface area contributed by atoms with Gasteiger partial charge in [-0.3, -0.25) is 9.52 Å². The summed E-state index contributed by atoms with van der Waals surface area (Å²) in [5.74, 6) is -2.36. The van der Waals surface area contributed by atoms with Crippen LogP contribution in [0, 0.1) is 18.6 Å². The van der Waals surface area contributed by atoms with Gasteiger partial charge < -0.3 is 10.1 Å². The van der Waals surface area contributed by atoms with Crippen LogP contribution >= 0.6 is 0 Å². The molecule has 0 fully saturated rings. The zero-order valence-corrected chi connectivity index (χ0v) is 16.9. The Hall–Kier alpha value is -3.46. The van der Waals surface area contributed by atoms with Crippen LogP contribution in [0.15, 0.2) is 65.6 Å². The van der Waals surface area contributed by atoms with Gasteiger partial charge in [0.2, 0.25) is 0 Å². The van der Waals surface area contributed by atoms with Crippen LogP contribution in [0.4, 0.5) is 20.2 Å². The maximum Gasteiger partial charge on any atom is 0.262 e. The van der Waals surface area contributed by atoms with Gasteiger partial charge >= 0.3 is 0 Å². The van der Waals surface area contributed by atoms with E-state index in [-0.39, 0.29) is 16.3 Å². The third-order valence-corrected chi connectivity index (χ3v) is 5.67. The van der Waals surface area contributed by atoms with Crippen molar-refractivity contribution in [2.24, 2.45) is 0 Å². The highest BCUT2D eigenvalue weighted by molar-refractivity contribution is 7.92. The van der Waals surface area contributed by atoms with E-state index in [4.69, 9.17) is 4.74 Å². The third kappa shape index (κ3) is 4.41. The summed E-state index contributed by atoms with van der Waals surface area (Å²) in [5, 5.41) is 2.61. The average molecular weight is 432 g/mol. The normalized spacial score (nSPS) is 11.1. The molecular weight excluding hydrogens is 414 g/mol. The first kappa shape index (κ1) is 21.3. The molecule has 0 unspecified atom stereocenters. The molecule has 1 amide bonds. The highest BCUT2D eigenvalue weighted by atomic mass is 32.2. The highest BCUT2D eigenvalue weighted by Gasteiger charge is 2.21. The van der Waals surface area contributed by atoms with Crippen LogP contribution in [-0.4, -0.2) is 21.4 Å². The average Bonchev–Trinajstić information content (AvgIpc) is 2.71. The van der Waals surface area contributed by atoms with Gasteiger partial charge in [-0.15, -0.1) is 0 Å². The van der Waals surface area contributed by atoms with Crippen molar-refractivity contribution in [2.45, 2.75) is 11.8 Å². The number of ether oxygens (including phenoxy) is 1. The van der Waals surface area contributed by atoms with E-state index in [1.165, 1.54) is 19.2 Å². The first-order chi connectivity index (χ1) is 14.2. The van der Waals surface area contributed by atoms with Crippen LogP contribution in [0.1, 0.15) is 15.9 Å². The number of sulfonamides is 1. The molecule has 0 heterocycles. The second kappa shape index (κ2) is 8.50. The predicted octanol–water partition coefficient (Wildman–Crippen LogP) is 4.33. The SMILES string of the molecule is COc1ccc(S(=O)(=O)Nc2c(F)cccc2F)cc1NC(=O)c1ccccc1C. The van der Waals surface area contributed by atoms with Gasteiger partial charge in [0.1, 0.15) is 23.1 Å². The molecule has 0 saturated heterocycles. The lowest BCUT2D eigenvalue weighted by Gasteiger charge is -2.14. The fraction of sp³-hybridized carbons (Fsp3) is 0.0952. The van der Waals surface area contributed by atoms with Crippen LogP contribution < -0.4 is 14.8 Å². The summed E-state index contributed by atoms with van der Waals surface area (Å²) < 4.78 is 60.1. The summed E-state index contributed by atoms with van der Waals surface area (Å²) in [4.78, 5) is 12.3. The predicted molar refractivity (Wildman–Crippen MR) is 109 cm³/mol. The number of halogens is 2. The third-order valence-electron chi connectivity index (χ3n) is 4.32. The van der Waals surface area contributed by atoms with E-state index >= 15 is 0 Å². The molecule has 156 valence electrons. The number of anilines is 2. The first-order valence-electron chi connectivity index (χ1n) is 8.75. The Morgan fingerprint density at radius 1 is 0.967 bits per heavy atom. The van der Waals surface area contributed by atoms with Crippen molar-refractivity contribution in [2.75, 3.05) is 17.1 Å². The van der Waals surface area contributed by atoms with Crippen molar-refractivity contribution in [1.82, 2.24) is 0 Å². The molecule has 2 N–H and O–H groups in total. The highest BCUT2D eigenvalue weighted by Crippen LogP contribution is 2.30. The van der Waals surface area contributed by atoms with Crippen molar-refractivity contribution in [1.29, 1.82) is 0 Å². The molecule has 30 heavy (non-hydrogen) atoms. The van der Waals surface area contributed by atoms with Gasteiger partial charge in [-0.1, -0.05) is 24.3 Å². The summed E-state index contributed by atoms with van der Waals surface area (Å²) in [7, 11) is -2.99. The zero-order chi connectivity index (χ0) is 21.9. The topological polar surface area (TPSA) is 84.5 Å². The number of rotatable bonds is 6. The van der Waals surface area contributed by atoms with Gasteiger partial charge in [0, 0.05) is 5.56 Å². The molecule has 3 aromatic rings. The van der Waals surface area contributed by atoms with Gasteiger partial charge in [0.05, 0.1) is 17.7 Å². The number of amides is 1. The summed E-state index contributed by atoms with van der Waals surface area (Å²) in [6.45, 7) is 1.76. The van der Waals surface area contributed by atoms with Gasteiger partial charge in [-0.2, -0.15) is 0 Å². The standard InChI is InChI=1S/C21H18F2N2O4S/c1-13-6-3-4-7-15(13)21(26)24-18-12-14(10-11-19(18)29-2)30(27,28)25-20-16(22)8-5-9-17(20)23/h3-12,25H,1-2H3,(H,24,26). The Balaban J connectivity index is 1.96. The minimum Gasteiger partial charge on any atom is -0.495 e. The number of benzene rings is 3. The maximum atomic E-state index is 13.8. The summed E-state index contributed by atoms with van der Waals surface area (Å²) in [6.07, 6.45) is 0. The zero-order valence-electron chi connectivity index (χ0n) is 16.1. The van der Waals surface area contributed by atoms with E-state index in [1.807, 2.05) is 4.72 Å².